The third-order valence-corrected chi connectivity index (χ3v) is 4.53. The quantitative estimate of drug-likeness (QED) is 0.753. The molecule has 0 atom stereocenters. The van der Waals surface area contributed by atoms with Crippen molar-refractivity contribution >= 4 is 5.91 Å². The average molecular weight is 351 g/mol. The van der Waals surface area contributed by atoms with Gasteiger partial charge in [0.05, 0.1) is 11.9 Å². The highest BCUT2D eigenvalue weighted by molar-refractivity contribution is 5.91. The van der Waals surface area contributed by atoms with Gasteiger partial charge in [0.2, 0.25) is 0 Å². The molecule has 3 heterocycles. The predicted molar refractivity (Wildman–Crippen MR) is 95.0 cm³/mol. The van der Waals surface area contributed by atoms with Crippen molar-refractivity contribution in [3.63, 3.8) is 0 Å². The number of fused-ring (bicyclic) bond motifs is 1. The minimum absolute atomic E-state index is 0.234. The highest BCUT2D eigenvalue weighted by atomic mass is 16.2. The van der Waals surface area contributed by atoms with E-state index in [1.165, 1.54) is 23.8 Å². The van der Waals surface area contributed by atoms with E-state index in [0.29, 0.717) is 18.7 Å². The summed E-state index contributed by atoms with van der Waals surface area (Å²) in [4.78, 5) is 13.7. The molecule has 1 aliphatic heterocycles. The maximum atomic E-state index is 12.3. The van der Waals surface area contributed by atoms with Crippen LogP contribution < -0.4 is 5.32 Å². The highest BCUT2D eigenvalue weighted by Gasteiger charge is 2.15. The normalized spacial score (nSPS) is 13.8. The Morgan fingerprint density at radius 3 is 2.88 bits per heavy atom. The van der Waals surface area contributed by atoms with Gasteiger partial charge in [0.1, 0.15) is 11.6 Å². The van der Waals surface area contributed by atoms with Gasteiger partial charge >= 0.3 is 0 Å². The van der Waals surface area contributed by atoms with Gasteiger partial charge in [-0.15, -0.1) is 15.3 Å². The van der Waals surface area contributed by atoms with Crippen molar-refractivity contribution in [1.82, 2.24) is 35.1 Å². The molecule has 134 valence electrons. The van der Waals surface area contributed by atoms with Gasteiger partial charge in [0.15, 0.2) is 5.69 Å². The molecule has 1 N–H and O–H groups in total. The molecule has 8 nitrogen and oxygen atoms in total. The van der Waals surface area contributed by atoms with Crippen molar-refractivity contribution in [2.45, 2.75) is 38.6 Å². The number of hydrogen-bond donors (Lipinski definition) is 1. The lowest BCUT2D eigenvalue weighted by molar-refractivity contribution is 0.0948. The first-order valence-corrected chi connectivity index (χ1v) is 8.98. The number of rotatable bonds is 5. The zero-order valence-corrected chi connectivity index (χ0v) is 14.5. The summed E-state index contributed by atoms with van der Waals surface area (Å²) in [5.74, 6) is 1.77. The van der Waals surface area contributed by atoms with Crippen LogP contribution in [0.25, 0.3) is 5.69 Å². The van der Waals surface area contributed by atoms with Crippen molar-refractivity contribution in [1.29, 1.82) is 0 Å². The third-order valence-electron chi connectivity index (χ3n) is 4.53. The van der Waals surface area contributed by atoms with Crippen LogP contribution in [0.15, 0.2) is 36.5 Å². The van der Waals surface area contributed by atoms with Crippen molar-refractivity contribution < 1.29 is 4.79 Å². The Morgan fingerprint density at radius 2 is 2.00 bits per heavy atom. The van der Waals surface area contributed by atoms with Crippen molar-refractivity contribution in [3.05, 3.63) is 53.9 Å². The zero-order valence-electron chi connectivity index (χ0n) is 14.5. The number of carbonyl (C=O) groups is 1. The fourth-order valence-electron chi connectivity index (χ4n) is 3.16. The predicted octanol–water partition coefficient (Wildman–Crippen LogP) is 1.56. The van der Waals surface area contributed by atoms with Crippen LogP contribution in [0.5, 0.6) is 0 Å². The molecule has 26 heavy (non-hydrogen) atoms. The van der Waals surface area contributed by atoms with Crippen LogP contribution in [-0.2, 0) is 19.4 Å². The van der Waals surface area contributed by atoms with Gasteiger partial charge in [-0.2, -0.15) is 9.90 Å². The molecule has 0 fully saturated rings. The van der Waals surface area contributed by atoms with Crippen LogP contribution in [0.2, 0.25) is 0 Å². The maximum absolute atomic E-state index is 12.3. The number of amides is 1. The van der Waals surface area contributed by atoms with E-state index in [-0.39, 0.29) is 5.91 Å². The number of nitrogens with zero attached hydrogens (tertiary/aromatic N) is 6. The number of para-hydroxylation sites is 1. The monoisotopic (exact) mass is 351 g/mol. The zero-order chi connectivity index (χ0) is 17.8. The maximum Gasteiger partial charge on any atom is 0.273 e. The lowest BCUT2D eigenvalue weighted by atomic mass is 10.2. The molecule has 0 saturated heterocycles. The largest absolute Gasteiger partial charge is 0.350 e. The molecule has 0 radical (unpaired) electrons. The Bertz CT molecular complexity index is 884. The minimum atomic E-state index is -0.234. The van der Waals surface area contributed by atoms with E-state index in [1.807, 2.05) is 30.3 Å². The summed E-state index contributed by atoms with van der Waals surface area (Å²) < 4.78 is 2.20. The summed E-state index contributed by atoms with van der Waals surface area (Å²) in [6.45, 7) is 1.46. The van der Waals surface area contributed by atoms with Crippen LogP contribution in [0.3, 0.4) is 0 Å². The third kappa shape index (κ3) is 3.49. The molecule has 1 aliphatic rings. The Morgan fingerprint density at radius 1 is 1.12 bits per heavy atom. The molecule has 1 aromatic carbocycles. The molecule has 0 bridgehead atoms. The Balaban J connectivity index is 1.35. The summed E-state index contributed by atoms with van der Waals surface area (Å²) >= 11 is 0. The Hall–Kier alpha value is -3.03. The number of nitrogens with one attached hydrogen (secondary N) is 1. The molecule has 0 unspecified atom stereocenters. The molecule has 8 heteroatoms. The minimum Gasteiger partial charge on any atom is -0.350 e. The molecule has 3 aromatic rings. The van der Waals surface area contributed by atoms with E-state index in [4.69, 9.17) is 0 Å². The molecular formula is C18H21N7O. The van der Waals surface area contributed by atoms with E-state index in [2.05, 4.69) is 30.3 Å². The van der Waals surface area contributed by atoms with Crippen LogP contribution in [0.1, 0.15) is 41.4 Å². The number of hydrogen-bond acceptors (Lipinski definition) is 5. The van der Waals surface area contributed by atoms with Crippen LogP contribution in [0, 0.1) is 0 Å². The van der Waals surface area contributed by atoms with Gasteiger partial charge in [0.25, 0.3) is 5.91 Å². The Labute approximate surface area is 151 Å². The molecule has 0 saturated carbocycles. The van der Waals surface area contributed by atoms with E-state index < -0.39 is 0 Å². The smallest absolute Gasteiger partial charge is 0.273 e. The first-order valence-electron chi connectivity index (χ1n) is 8.98. The first kappa shape index (κ1) is 16.4. The molecule has 0 spiro atoms. The van der Waals surface area contributed by atoms with Crippen LogP contribution in [-0.4, -0.2) is 42.2 Å². The molecule has 2 aromatic heterocycles. The van der Waals surface area contributed by atoms with E-state index in [0.717, 1.165) is 36.7 Å². The van der Waals surface area contributed by atoms with Crippen molar-refractivity contribution in [2.24, 2.45) is 0 Å². The fraction of sp³-hybridized carbons (Fsp3) is 0.389. The highest BCUT2D eigenvalue weighted by Crippen LogP contribution is 2.14. The van der Waals surface area contributed by atoms with Crippen LogP contribution in [0.4, 0.5) is 0 Å². The topological polar surface area (TPSA) is 90.5 Å². The van der Waals surface area contributed by atoms with Crippen LogP contribution >= 0.6 is 0 Å². The summed E-state index contributed by atoms with van der Waals surface area (Å²) in [5, 5.41) is 19.8. The van der Waals surface area contributed by atoms with E-state index in [9.17, 15) is 4.79 Å². The summed E-state index contributed by atoms with van der Waals surface area (Å²) in [7, 11) is 0. The van der Waals surface area contributed by atoms with Gasteiger partial charge in [-0.1, -0.05) is 24.6 Å². The molecular weight excluding hydrogens is 330 g/mol. The standard InChI is InChI=1S/C18H21N7O/c26-18(15-13-20-25(23-15)14-7-3-1-4-8-14)19-11-10-17-22-21-16-9-5-2-6-12-24(16)17/h1,3-4,7-8,13H,2,5-6,9-12H2,(H,19,26). The summed E-state index contributed by atoms with van der Waals surface area (Å²) in [6, 6.07) is 9.50. The molecule has 4 rings (SSSR count). The first-order chi connectivity index (χ1) is 12.8. The molecule has 0 aliphatic carbocycles. The SMILES string of the molecule is O=C(NCCc1nnc2n1CCCCC2)c1cnn(-c2ccccc2)n1. The number of carbonyl (C=O) groups excluding carboxylic acids is 1. The van der Waals surface area contributed by atoms with E-state index in [1.54, 1.807) is 0 Å². The lowest BCUT2D eigenvalue weighted by Crippen LogP contribution is -2.27. The van der Waals surface area contributed by atoms with Gasteiger partial charge in [-0.05, 0) is 25.0 Å². The van der Waals surface area contributed by atoms with Gasteiger partial charge in [0, 0.05) is 25.9 Å². The van der Waals surface area contributed by atoms with Crippen molar-refractivity contribution in [2.75, 3.05) is 6.54 Å². The second kappa shape index (κ2) is 7.47. The average Bonchev–Trinajstić information content (AvgIpc) is 3.24. The summed E-state index contributed by atoms with van der Waals surface area (Å²) in [6.07, 6.45) is 6.69. The van der Waals surface area contributed by atoms with Gasteiger partial charge in [-0.3, -0.25) is 4.79 Å². The van der Waals surface area contributed by atoms with Crippen molar-refractivity contribution in [3.8, 4) is 5.69 Å². The second-order valence-electron chi connectivity index (χ2n) is 6.36. The Kier molecular flexibility index (Phi) is 4.72. The fourth-order valence-corrected chi connectivity index (χ4v) is 3.16. The number of aryl methyl sites for hydroxylation is 1. The number of aromatic nitrogens is 6. The van der Waals surface area contributed by atoms with Gasteiger partial charge in [-0.25, -0.2) is 0 Å². The van der Waals surface area contributed by atoms with E-state index >= 15 is 0 Å². The summed E-state index contributed by atoms with van der Waals surface area (Å²) in [5.41, 5.74) is 1.12. The number of benzene rings is 1. The van der Waals surface area contributed by atoms with Gasteiger partial charge < -0.3 is 9.88 Å². The lowest BCUT2D eigenvalue weighted by Gasteiger charge is -2.07. The second-order valence-corrected chi connectivity index (χ2v) is 6.36. The molecule has 1 amide bonds.